The fourth-order valence-corrected chi connectivity index (χ4v) is 2.72. The van der Waals surface area contributed by atoms with Gasteiger partial charge in [-0.2, -0.15) is 0 Å². The maximum Gasteiger partial charge on any atom is 0.220 e. The molecule has 0 spiro atoms. The average Bonchev–Trinajstić information content (AvgIpc) is 3.03. The van der Waals surface area contributed by atoms with E-state index >= 15 is 0 Å². The number of hydrogen-bond acceptors (Lipinski definition) is 3. The molecular formula is C19H20FN3O2. The molecule has 3 aromatic rings. The van der Waals surface area contributed by atoms with Crippen LogP contribution in [0.1, 0.15) is 12.0 Å². The fourth-order valence-electron chi connectivity index (χ4n) is 2.72. The van der Waals surface area contributed by atoms with E-state index in [-0.39, 0.29) is 11.7 Å². The molecule has 3 rings (SSSR count). The Morgan fingerprint density at radius 2 is 2.12 bits per heavy atom. The van der Waals surface area contributed by atoms with Crippen LogP contribution < -0.4 is 10.1 Å². The van der Waals surface area contributed by atoms with Gasteiger partial charge in [0, 0.05) is 19.5 Å². The van der Waals surface area contributed by atoms with Gasteiger partial charge in [0.15, 0.2) is 11.6 Å². The second kappa shape index (κ2) is 7.79. The van der Waals surface area contributed by atoms with Crippen LogP contribution in [0, 0.1) is 5.82 Å². The number of aryl methyl sites for hydroxylation is 1. The number of ether oxygens (including phenoxy) is 1. The molecule has 0 aliphatic heterocycles. The van der Waals surface area contributed by atoms with E-state index in [4.69, 9.17) is 4.74 Å². The lowest BCUT2D eigenvalue weighted by Gasteiger charge is -2.08. The number of nitrogens with zero attached hydrogens (tertiary/aromatic N) is 2. The van der Waals surface area contributed by atoms with E-state index < -0.39 is 5.82 Å². The highest BCUT2D eigenvalue weighted by atomic mass is 19.1. The summed E-state index contributed by atoms with van der Waals surface area (Å²) in [5.74, 6) is -0.256. The first kappa shape index (κ1) is 17.0. The number of carbonyl (C=O) groups excluding carboxylic acids is 1. The summed E-state index contributed by atoms with van der Waals surface area (Å²) in [4.78, 5) is 16.3. The lowest BCUT2D eigenvalue weighted by atomic mass is 10.1. The predicted molar refractivity (Wildman–Crippen MR) is 94.0 cm³/mol. The molecule has 0 bridgehead atoms. The number of para-hydroxylation sites is 2. The van der Waals surface area contributed by atoms with Crippen LogP contribution >= 0.6 is 0 Å². The smallest absolute Gasteiger partial charge is 0.220 e. The van der Waals surface area contributed by atoms with Crippen LogP contribution in [-0.2, 0) is 17.8 Å². The van der Waals surface area contributed by atoms with E-state index in [2.05, 4.69) is 10.3 Å². The Morgan fingerprint density at radius 1 is 1.28 bits per heavy atom. The zero-order valence-electron chi connectivity index (χ0n) is 14.0. The molecule has 0 aliphatic carbocycles. The highest BCUT2D eigenvalue weighted by Gasteiger charge is 2.07. The number of benzene rings is 2. The van der Waals surface area contributed by atoms with E-state index in [0.29, 0.717) is 25.9 Å². The maximum absolute atomic E-state index is 13.6. The van der Waals surface area contributed by atoms with Crippen molar-refractivity contribution in [1.29, 1.82) is 0 Å². The lowest BCUT2D eigenvalue weighted by molar-refractivity contribution is -0.121. The Morgan fingerprint density at radius 3 is 2.92 bits per heavy atom. The van der Waals surface area contributed by atoms with E-state index in [1.807, 2.05) is 28.8 Å². The molecule has 0 saturated heterocycles. The Labute approximate surface area is 145 Å². The minimum Gasteiger partial charge on any atom is -0.494 e. The number of amides is 1. The summed E-state index contributed by atoms with van der Waals surface area (Å²) in [6, 6.07) is 12.6. The van der Waals surface area contributed by atoms with Crippen molar-refractivity contribution in [3.63, 3.8) is 0 Å². The second-order valence-corrected chi connectivity index (χ2v) is 5.75. The van der Waals surface area contributed by atoms with Gasteiger partial charge in [-0.05, 0) is 36.2 Å². The number of imidazole rings is 1. The normalized spacial score (nSPS) is 10.8. The SMILES string of the molecule is COc1ccc(CCC(=O)NCCn2cnc3ccccc32)cc1F. The highest BCUT2D eigenvalue weighted by molar-refractivity contribution is 5.76. The second-order valence-electron chi connectivity index (χ2n) is 5.75. The molecule has 6 heteroatoms. The van der Waals surface area contributed by atoms with Gasteiger partial charge in [-0.3, -0.25) is 4.79 Å². The average molecular weight is 341 g/mol. The third-order valence-corrected chi connectivity index (χ3v) is 4.06. The van der Waals surface area contributed by atoms with Gasteiger partial charge in [-0.1, -0.05) is 18.2 Å². The van der Waals surface area contributed by atoms with E-state index in [0.717, 1.165) is 16.6 Å². The number of fused-ring (bicyclic) bond motifs is 1. The van der Waals surface area contributed by atoms with Crippen LogP contribution in [0.4, 0.5) is 4.39 Å². The Kier molecular flexibility index (Phi) is 5.28. The van der Waals surface area contributed by atoms with Crippen molar-refractivity contribution in [3.8, 4) is 5.75 Å². The van der Waals surface area contributed by atoms with Crippen LogP contribution in [0.25, 0.3) is 11.0 Å². The van der Waals surface area contributed by atoms with Crippen LogP contribution in [0.2, 0.25) is 0 Å². The number of rotatable bonds is 7. The minimum atomic E-state index is -0.410. The van der Waals surface area contributed by atoms with Crippen LogP contribution in [0.3, 0.4) is 0 Å². The summed E-state index contributed by atoms with van der Waals surface area (Å²) >= 11 is 0. The van der Waals surface area contributed by atoms with Crippen molar-refractivity contribution in [2.45, 2.75) is 19.4 Å². The summed E-state index contributed by atoms with van der Waals surface area (Å²) in [6.07, 6.45) is 2.58. The summed E-state index contributed by atoms with van der Waals surface area (Å²) in [5, 5.41) is 2.89. The van der Waals surface area contributed by atoms with Crippen molar-refractivity contribution in [2.75, 3.05) is 13.7 Å². The molecule has 1 N–H and O–H groups in total. The first-order chi connectivity index (χ1) is 12.2. The molecule has 0 atom stereocenters. The number of halogens is 1. The molecule has 2 aromatic carbocycles. The molecule has 130 valence electrons. The monoisotopic (exact) mass is 341 g/mol. The highest BCUT2D eigenvalue weighted by Crippen LogP contribution is 2.18. The van der Waals surface area contributed by atoms with Crippen molar-refractivity contribution < 1.29 is 13.9 Å². The maximum atomic E-state index is 13.6. The number of methoxy groups -OCH3 is 1. The van der Waals surface area contributed by atoms with Crippen LogP contribution in [-0.4, -0.2) is 29.1 Å². The third-order valence-electron chi connectivity index (χ3n) is 4.06. The standard InChI is InChI=1S/C19H20FN3O2/c1-25-18-8-6-14(12-15(18)20)7-9-19(24)21-10-11-23-13-22-16-4-2-3-5-17(16)23/h2-6,8,12-13H,7,9-11H2,1H3,(H,21,24). The molecule has 1 heterocycles. The third kappa shape index (κ3) is 4.15. The van der Waals surface area contributed by atoms with Gasteiger partial charge in [0.1, 0.15) is 0 Å². The predicted octanol–water partition coefficient (Wildman–Crippen LogP) is 2.93. The lowest BCUT2D eigenvalue weighted by Crippen LogP contribution is -2.27. The molecular weight excluding hydrogens is 321 g/mol. The van der Waals surface area contributed by atoms with Crippen molar-refractivity contribution in [3.05, 3.63) is 60.2 Å². The minimum absolute atomic E-state index is 0.0550. The van der Waals surface area contributed by atoms with Gasteiger partial charge in [-0.15, -0.1) is 0 Å². The summed E-state index contributed by atoms with van der Waals surface area (Å²) < 4.78 is 20.5. The van der Waals surface area contributed by atoms with Crippen LogP contribution in [0.5, 0.6) is 5.75 Å². The molecule has 0 unspecified atom stereocenters. The number of nitrogens with one attached hydrogen (secondary N) is 1. The first-order valence-electron chi connectivity index (χ1n) is 8.16. The molecule has 0 fully saturated rings. The molecule has 0 saturated carbocycles. The summed E-state index contributed by atoms with van der Waals surface area (Å²) in [5.41, 5.74) is 2.76. The van der Waals surface area contributed by atoms with E-state index in [1.54, 1.807) is 18.5 Å². The van der Waals surface area contributed by atoms with Gasteiger partial charge < -0.3 is 14.6 Å². The number of carbonyl (C=O) groups is 1. The zero-order valence-corrected chi connectivity index (χ0v) is 14.0. The molecule has 1 aromatic heterocycles. The Balaban J connectivity index is 1.46. The van der Waals surface area contributed by atoms with Crippen molar-refractivity contribution >= 4 is 16.9 Å². The first-order valence-corrected chi connectivity index (χ1v) is 8.16. The van der Waals surface area contributed by atoms with Gasteiger partial charge in [0.2, 0.25) is 5.91 Å². The van der Waals surface area contributed by atoms with Crippen molar-refractivity contribution in [1.82, 2.24) is 14.9 Å². The molecule has 0 aliphatic rings. The largest absolute Gasteiger partial charge is 0.494 e. The van der Waals surface area contributed by atoms with E-state index in [1.165, 1.54) is 13.2 Å². The van der Waals surface area contributed by atoms with Crippen LogP contribution in [0.15, 0.2) is 48.8 Å². The molecule has 0 radical (unpaired) electrons. The molecule has 1 amide bonds. The molecule has 25 heavy (non-hydrogen) atoms. The van der Waals surface area contributed by atoms with Crippen molar-refractivity contribution in [2.24, 2.45) is 0 Å². The van der Waals surface area contributed by atoms with Gasteiger partial charge in [0.25, 0.3) is 0 Å². The Hall–Kier alpha value is -2.89. The quantitative estimate of drug-likeness (QED) is 0.719. The zero-order chi connectivity index (χ0) is 17.6. The Bertz CT molecular complexity index is 876. The topological polar surface area (TPSA) is 56.1 Å². The van der Waals surface area contributed by atoms with Gasteiger partial charge in [0.05, 0.1) is 24.5 Å². The number of hydrogen-bond donors (Lipinski definition) is 1. The summed E-state index contributed by atoms with van der Waals surface area (Å²) in [6.45, 7) is 1.18. The van der Waals surface area contributed by atoms with Gasteiger partial charge in [-0.25, -0.2) is 9.37 Å². The molecule has 5 nitrogen and oxygen atoms in total. The van der Waals surface area contributed by atoms with E-state index in [9.17, 15) is 9.18 Å². The summed E-state index contributed by atoms with van der Waals surface area (Å²) in [7, 11) is 1.43. The number of aromatic nitrogens is 2. The van der Waals surface area contributed by atoms with Gasteiger partial charge >= 0.3 is 0 Å². The fraction of sp³-hybridized carbons (Fsp3) is 0.263.